The number of carbonyl (C=O) groups is 1. The Morgan fingerprint density at radius 3 is 1.62 bits per heavy atom. The molecule has 4 unspecified atom stereocenters. The van der Waals surface area contributed by atoms with Crippen LogP contribution in [-0.2, 0) is 4.79 Å². The lowest BCUT2D eigenvalue weighted by atomic mass is 9.88. The largest absolute Gasteiger partial charge is 0.340 e. The molecule has 29 heavy (non-hydrogen) atoms. The van der Waals surface area contributed by atoms with Gasteiger partial charge >= 0.3 is 0 Å². The van der Waals surface area contributed by atoms with E-state index in [1.54, 1.807) is 0 Å². The predicted molar refractivity (Wildman–Crippen MR) is 120 cm³/mol. The summed E-state index contributed by atoms with van der Waals surface area (Å²) in [7, 11) is 0. The summed E-state index contributed by atoms with van der Waals surface area (Å²) in [6, 6.07) is 20.5. The first-order chi connectivity index (χ1) is 14.0. The fraction of sp³-hybridized carbons (Fsp3) is 0.292. The number of hydrogen-bond donors (Lipinski definition) is 0. The minimum absolute atomic E-state index is 0.0936. The second kappa shape index (κ2) is 6.93. The normalized spacial score (nSPS) is 25.2. The Morgan fingerprint density at radius 2 is 1.17 bits per heavy atom. The molecule has 5 rings (SSSR count). The highest BCUT2D eigenvalue weighted by Crippen LogP contribution is 2.43. The van der Waals surface area contributed by atoms with Crippen molar-refractivity contribution in [3.63, 3.8) is 0 Å². The van der Waals surface area contributed by atoms with Gasteiger partial charge < -0.3 is 9.13 Å². The molecular weight excluding hydrogens is 403 g/mol. The molecule has 0 N–H and O–H groups in total. The van der Waals surface area contributed by atoms with Crippen LogP contribution < -0.4 is 0 Å². The van der Waals surface area contributed by atoms with Crippen LogP contribution in [0.15, 0.2) is 60.7 Å². The van der Waals surface area contributed by atoms with Gasteiger partial charge in [0, 0.05) is 22.4 Å². The minimum Gasteiger partial charge on any atom is -0.340 e. The van der Waals surface area contributed by atoms with E-state index in [-0.39, 0.29) is 17.9 Å². The van der Waals surface area contributed by atoms with Crippen LogP contribution in [0.2, 0.25) is 0 Å². The second-order valence-electron chi connectivity index (χ2n) is 8.01. The average Bonchev–Trinajstić information content (AvgIpc) is 3.22. The monoisotopic (exact) mass is 424 g/mol. The Bertz CT molecular complexity index is 1140. The van der Waals surface area contributed by atoms with Gasteiger partial charge in [-0.3, -0.25) is 4.79 Å². The molecule has 0 amide bonds. The molecule has 1 saturated carbocycles. The third-order valence-electron chi connectivity index (χ3n) is 6.25. The van der Waals surface area contributed by atoms with Crippen molar-refractivity contribution in [2.24, 2.45) is 0 Å². The van der Waals surface area contributed by atoms with Gasteiger partial charge in [0.2, 0.25) is 0 Å². The van der Waals surface area contributed by atoms with Crippen molar-refractivity contribution in [1.29, 1.82) is 0 Å². The van der Waals surface area contributed by atoms with Crippen LogP contribution >= 0.6 is 23.2 Å². The maximum Gasteiger partial charge on any atom is 0.172 e. The summed E-state index contributed by atoms with van der Waals surface area (Å²) < 4.78 is 4.45. The number of carbonyl (C=O) groups excluding carboxylic acids is 1. The zero-order chi connectivity index (χ0) is 20.3. The number of benzene rings is 2. The predicted octanol–water partition coefficient (Wildman–Crippen LogP) is 6.18. The number of hydrogen-bond acceptors (Lipinski definition) is 1. The van der Waals surface area contributed by atoms with Gasteiger partial charge in [-0.2, -0.15) is 0 Å². The third kappa shape index (κ3) is 2.83. The number of aromatic nitrogens is 2. The number of fused-ring (bicyclic) bond motifs is 2. The lowest BCUT2D eigenvalue weighted by molar-refractivity contribution is -0.121. The van der Waals surface area contributed by atoms with Crippen molar-refractivity contribution < 1.29 is 4.79 Å². The summed E-state index contributed by atoms with van der Waals surface area (Å²) in [4.78, 5) is 13.1. The zero-order valence-electron chi connectivity index (χ0n) is 16.3. The van der Waals surface area contributed by atoms with Gasteiger partial charge in [-0.1, -0.05) is 36.4 Å². The first-order valence-electron chi connectivity index (χ1n) is 9.92. The highest BCUT2D eigenvalue weighted by molar-refractivity contribution is 6.41. The Hall–Kier alpha value is -2.23. The van der Waals surface area contributed by atoms with E-state index in [9.17, 15) is 4.79 Å². The number of Topliss-reactive ketones (excluding diaryl/α,β-unsaturated/α-hetero) is 1. The summed E-state index contributed by atoms with van der Waals surface area (Å²) in [6.07, 6.45) is 0.701. The first-order valence-corrected chi connectivity index (χ1v) is 10.8. The van der Waals surface area contributed by atoms with Crippen molar-refractivity contribution >= 4 is 50.8 Å². The fourth-order valence-corrected chi connectivity index (χ4v) is 5.76. The number of nitrogens with zero attached hydrogens (tertiary/aromatic N) is 2. The molecular formula is C24H22Cl2N2O. The quantitative estimate of drug-likeness (QED) is 0.352. The summed E-state index contributed by atoms with van der Waals surface area (Å²) >= 11 is 13.4. The number of halogens is 2. The van der Waals surface area contributed by atoms with E-state index in [2.05, 4.69) is 59.4 Å². The first kappa shape index (κ1) is 18.8. The molecule has 0 saturated heterocycles. The maximum atomic E-state index is 13.1. The maximum absolute atomic E-state index is 13.1. The van der Waals surface area contributed by atoms with Gasteiger partial charge in [0.15, 0.2) is 5.78 Å². The molecule has 2 heterocycles. The van der Waals surface area contributed by atoms with Crippen molar-refractivity contribution in [1.82, 2.24) is 9.13 Å². The smallest absolute Gasteiger partial charge is 0.172 e. The molecule has 0 spiro atoms. The van der Waals surface area contributed by atoms with Crippen LogP contribution in [-0.4, -0.2) is 25.7 Å². The highest BCUT2D eigenvalue weighted by atomic mass is 35.5. The van der Waals surface area contributed by atoms with Crippen LogP contribution in [0.5, 0.6) is 0 Å². The van der Waals surface area contributed by atoms with E-state index in [0.717, 1.165) is 33.2 Å². The number of rotatable bonds is 2. The molecule has 1 aliphatic carbocycles. The molecule has 0 bridgehead atoms. The van der Waals surface area contributed by atoms with Crippen molar-refractivity contribution in [2.45, 2.75) is 43.1 Å². The molecule has 0 aliphatic heterocycles. The van der Waals surface area contributed by atoms with Crippen LogP contribution in [0.3, 0.4) is 0 Å². The number of para-hydroxylation sites is 2. The van der Waals surface area contributed by atoms with Crippen LogP contribution in [0.4, 0.5) is 0 Å². The molecule has 1 fully saturated rings. The Morgan fingerprint density at radius 1 is 0.759 bits per heavy atom. The molecule has 3 nitrogen and oxygen atoms in total. The fourth-order valence-electron chi connectivity index (χ4n) is 5.00. The number of ketones is 1. The summed E-state index contributed by atoms with van der Waals surface area (Å²) in [5, 5.41) is 1.03. The van der Waals surface area contributed by atoms with E-state index in [1.807, 2.05) is 24.3 Å². The second-order valence-corrected chi connectivity index (χ2v) is 8.95. The van der Waals surface area contributed by atoms with Gasteiger partial charge in [-0.25, -0.2) is 0 Å². The standard InChI is InChI=1S/C24H22Cl2N2O/c1-14-11-16-7-3-5-9-18(16)27(14)20-13-21(23(26)24(29)22(20)25)28-15(2)12-17-8-4-6-10-19(17)28/h3-12,20-23H,13H2,1-2H3. The molecule has 4 aromatic rings. The topological polar surface area (TPSA) is 26.9 Å². The summed E-state index contributed by atoms with van der Waals surface area (Å²) in [6.45, 7) is 4.15. The van der Waals surface area contributed by atoms with E-state index in [4.69, 9.17) is 23.2 Å². The lowest BCUT2D eigenvalue weighted by Crippen LogP contribution is -2.44. The van der Waals surface area contributed by atoms with Gasteiger partial charge in [0.25, 0.3) is 0 Å². The van der Waals surface area contributed by atoms with E-state index < -0.39 is 10.8 Å². The van der Waals surface area contributed by atoms with Crippen LogP contribution in [0.25, 0.3) is 21.8 Å². The minimum atomic E-state index is -0.648. The van der Waals surface area contributed by atoms with E-state index in [1.165, 1.54) is 0 Å². The molecule has 1 aliphatic rings. The summed E-state index contributed by atoms with van der Waals surface area (Å²) in [5.41, 5.74) is 4.43. The lowest BCUT2D eigenvalue weighted by Gasteiger charge is -2.38. The van der Waals surface area contributed by atoms with Gasteiger partial charge in [0.05, 0.1) is 12.1 Å². The molecule has 0 radical (unpaired) electrons. The molecule has 4 atom stereocenters. The molecule has 148 valence electrons. The SMILES string of the molecule is Cc1cc2ccccc2n1C1CC(n2c(C)cc3ccccc32)C(Cl)C(=O)C1Cl. The molecule has 2 aromatic carbocycles. The Kier molecular flexibility index (Phi) is 4.49. The molecule has 5 heteroatoms. The summed E-state index contributed by atoms with van der Waals surface area (Å²) in [5.74, 6) is -0.0936. The Balaban J connectivity index is 1.66. The highest BCUT2D eigenvalue weighted by Gasteiger charge is 2.45. The van der Waals surface area contributed by atoms with Crippen LogP contribution in [0.1, 0.15) is 29.9 Å². The van der Waals surface area contributed by atoms with Gasteiger partial charge in [0.1, 0.15) is 10.8 Å². The van der Waals surface area contributed by atoms with Crippen molar-refractivity contribution in [3.05, 3.63) is 72.1 Å². The molecule has 2 aromatic heterocycles. The van der Waals surface area contributed by atoms with E-state index >= 15 is 0 Å². The number of alkyl halides is 2. The number of aryl methyl sites for hydroxylation is 2. The van der Waals surface area contributed by atoms with E-state index in [0.29, 0.717) is 6.42 Å². The average molecular weight is 425 g/mol. The Labute approximate surface area is 179 Å². The van der Waals surface area contributed by atoms with Crippen molar-refractivity contribution in [3.8, 4) is 0 Å². The third-order valence-corrected chi connectivity index (χ3v) is 7.26. The zero-order valence-corrected chi connectivity index (χ0v) is 17.9. The van der Waals surface area contributed by atoms with Gasteiger partial charge in [-0.15, -0.1) is 23.2 Å². The van der Waals surface area contributed by atoms with Gasteiger partial charge in [-0.05, 0) is 55.3 Å². The van der Waals surface area contributed by atoms with Crippen molar-refractivity contribution in [2.75, 3.05) is 0 Å². The van der Waals surface area contributed by atoms with Crippen LogP contribution in [0, 0.1) is 13.8 Å².